The van der Waals surface area contributed by atoms with E-state index in [1.165, 1.54) is 40.6 Å². The summed E-state index contributed by atoms with van der Waals surface area (Å²) in [7, 11) is 6.01. The average Bonchev–Trinajstić information content (AvgIpc) is 2.90. The minimum atomic E-state index is -0.488. The minimum Gasteiger partial charge on any atom is -0.494 e. The fourth-order valence-electron chi connectivity index (χ4n) is 3.84. The molecule has 0 bridgehead atoms. The Kier molecular flexibility index (Phi) is 7.01. The van der Waals surface area contributed by atoms with Crippen molar-refractivity contribution >= 4 is 16.8 Å². The number of halogens is 1. The molecule has 0 saturated carbocycles. The number of fused-ring (bicyclic) bond motifs is 1. The third-order valence-electron chi connectivity index (χ3n) is 5.59. The van der Waals surface area contributed by atoms with E-state index in [-0.39, 0.29) is 18.2 Å². The lowest BCUT2D eigenvalue weighted by Crippen LogP contribution is -2.23. The van der Waals surface area contributed by atoms with Gasteiger partial charge in [-0.1, -0.05) is 24.3 Å². The largest absolute Gasteiger partial charge is 0.494 e. The fraction of sp³-hybridized carbons (Fsp3) is 0.185. The predicted molar refractivity (Wildman–Crippen MR) is 131 cm³/mol. The van der Waals surface area contributed by atoms with Gasteiger partial charge in [0, 0.05) is 17.5 Å². The van der Waals surface area contributed by atoms with Crippen molar-refractivity contribution in [1.82, 2.24) is 10.3 Å². The summed E-state index contributed by atoms with van der Waals surface area (Å²) < 4.78 is 35.3. The Labute approximate surface area is 202 Å². The van der Waals surface area contributed by atoms with Crippen LogP contribution in [0.1, 0.15) is 15.9 Å². The summed E-state index contributed by atoms with van der Waals surface area (Å²) in [5.74, 6) is 0.764. The zero-order valence-corrected chi connectivity index (χ0v) is 19.8. The number of nitrogens with one attached hydrogen (secondary N) is 1. The highest BCUT2D eigenvalue weighted by Gasteiger charge is 2.18. The summed E-state index contributed by atoms with van der Waals surface area (Å²) in [4.78, 5) is 18.0. The number of benzene rings is 3. The second-order valence-corrected chi connectivity index (χ2v) is 7.64. The molecule has 1 aromatic heterocycles. The highest BCUT2D eigenvalue weighted by atomic mass is 19.1. The topological polar surface area (TPSA) is 78.9 Å². The number of hydrogen-bond acceptors (Lipinski definition) is 6. The Hall–Kier alpha value is -4.33. The number of rotatable bonds is 8. The van der Waals surface area contributed by atoms with Crippen LogP contribution in [0.25, 0.3) is 22.2 Å². The lowest BCUT2D eigenvalue weighted by atomic mass is 10.0. The van der Waals surface area contributed by atoms with Gasteiger partial charge in [0.05, 0.1) is 45.2 Å². The van der Waals surface area contributed by atoms with Crippen molar-refractivity contribution in [1.29, 1.82) is 0 Å². The van der Waals surface area contributed by atoms with E-state index >= 15 is 0 Å². The quantitative estimate of drug-likeness (QED) is 0.385. The molecule has 0 aliphatic carbocycles. The smallest absolute Gasteiger partial charge is 0.252 e. The molecule has 1 heterocycles. The number of ether oxygens (including phenoxy) is 4. The molecule has 0 atom stereocenters. The van der Waals surface area contributed by atoms with Crippen molar-refractivity contribution in [2.24, 2.45) is 0 Å². The molecule has 3 aromatic carbocycles. The van der Waals surface area contributed by atoms with Crippen molar-refractivity contribution in [2.45, 2.75) is 6.54 Å². The van der Waals surface area contributed by atoms with Crippen molar-refractivity contribution in [3.8, 4) is 34.3 Å². The summed E-state index contributed by atoms with van der Waals surface area (Å²) >= 11 is 0. The van der Waals surface area contributed by atoms with Crippen LogP contribution in [0.15, 0.2) is 60.7 Å². The Morgan fingerprint density at radius 3 is 2.17 bits per heavy atom. The van der Waals surface area contributed by atoms with E-state index in [2.05, 4.69) is 5.32 Å². The zero-order chi connectivity index (χ0) is 24.9. The van der Waals surface area contributed by atoms with Crippen molar-refractivity contribution in [3.63, 3.8) is 0 Å². The number of carbonyl (C=O) groups excluding carboxylic acids is 1. The van der Waals surface area contributed by atoms with Crippen molar-refractivity contribution in [2.75, 3.05) is 28.4 Å². The van der Waals surface area contributed by atoms with Gasteiger partial charge in [0.1, 0.15) is 0 Å². The van der Waals surface area contributed by atoms with E-state index in [0.717, 1.165) is 0 Å². The van der Waals surface area contributed by atoms with Crippen LogP contribution in [0.5, 0.6) is 23.0 Å². The van der Waals surface area contributed by atoms with E-state index in [4.69, 9.17) is 23.9 Å². The summed E-state index contributed by atoms with van der Waals surface area (Å²) in [6.07, 6.45) is 0. The van der Waals surface area contributed by atoms with Gasteiger partial charge in [-0.15, -0.1) is 0 Å². The normalized spacial score (nSPS) is 10.7. The molecule has 1 N–H and O–H groups in total. The molecule has 0 spiro atoms. The number of nitrogens with zero attached hydrogens (tertiary/aromatic N) is 1. The molecule has 4 aromatic rings. The van der Waals surface area contributed by atoms with E-state index < -0.39 is 5.82 Å². The first-order chi connectivity index (χ1) is 17.0. The number of pyridine rings is 1. The third kappa shape index (κ3) is 4.82. The second kappa shape index (κ2) is 10.3. The first-order valence-electron chi connectivity index (χ1n) is 10.8. The number of methoxy groups -OCH3 is 4. The molecule has 35 heavy (non-hydrogen) atoms. The van der Waals surface area contributed by atoms with Crippen LogP contribution in [0.3, 0.4) is 0 Å². The molecule has 0 unspecified atom stereocenters. The monoisotopic (exact) mass is 476 g/mol. The maximum atomic E-state index is 14.0. The van der Waals surface area contributed by atoms with Gasteiger partial charge in [-0.2, -0.15) is 0 Å². The Bertz CT molecular complexity index is 1360. The maximum absolute atomic E-state index is 14.0. The van der Waals surface area contributed by atoms with Crippen LogP contribution in [0.4, 0.5) is 4.39 Å². The molecule has 0 saturated heterocycles. The number of amides is 1. The highest BCUT2D eigenvalue weighted by molar-refractivity contribution is 6.07. The molecule has 1 amide bonds. The molecule has 4 rings (SSSR count). The molecular formula is C27H25FN2O5. The molecule has 7 nitrogen and oxygen atoms in total. The Balaban J connectivity index is 1.73. The van der Waals surface area contributed by atoms with E-state index in [0.29, 0.717) is 50.5 Å². The van der Waals surface area contributed by atoms with Crippen LogP contribution in [-0.2, 0) is 6.54 Å². The standard InChI is InChI=1S/C27H25FN2O5/c1-32-23-10-9-16(11-20(23)28)15-29-27(31)19-14-22(30-21-8-6-5-7-18(19)21)17-12-24(33-2)26(35-4)25(13-17)34-3/h5-14H,15H2,1-4H3,(H,29,31). The van der Waals surface area contributed by atoms with Gasteiger partial charge in [-0.25, -0.2) is 9.37 Å². The molecule has 0 aliphatic heterocycles. The molecule has 8 heteroatoms. The maximum Gasteiger partial charge on any atom is 0.252 e. The summed E-state index contributed by atoms with van der Waals surface area (Å²) in [6.45, 7) is 0.149. The van der Waals surface area contributed by atoms with Gasteiger partial charge in [0.2, 0.25) is 5.75 Å². The van der Waals surface area contributed by atoms with Gasteiger partial charge in [-0.05, 0) is 42.0 Å². The molecule has 0 fully saturated rings. The van der Waals surface area contributed by atoms with Crippen molar-refractivity contribution in [3.05, 3.63) is 77.6 Å². The SMILES string of the molecule is COc1ccc(CNC(=O)c2cc(-c3cc(OC)c(OC)c(OC)c3)nc3ccccc23)cc1F. The van der Waals surface area contributed by atoms with Gasteiger partial charge < -0.3 is 24.3 Å². The predicted octanol–water partition coefficient (Wildman–Crippen LogP) is 5.01. The van der Waals surface area contributed by atoms with Gasteiger partial charge >= 0.3 is 0 Å². The minimum absolute atomic E-state index is 0.148. The van der Waals surface area contributed by atoms with Gasteiger partial charge in [-0.3, -0.25) is 4.79 Å². The van der Waals surface area contributed by atoms with Crippen LogP contribution in [0, 0.1) is 5.82 Å². The fourth-order valence-corrected chi connectivity index (χ4v) is 3.84. The third-order valence-corrected chi connectivity index (χ3v) is 5.59. The van der Waals surface area contributed by atoms with Crippen LogP contribution >= 0.6 is 0 Å². The average molecular weight is 477 g/mol. The molecule has 0 radical (unpaired) electrons. The summed E-state index contributed by atoms with van der Waals surface area (Å²) in [5, 5.41) is 3.57. The van der Waals surface area contributed by atoms with E-state index in [1.807, 2.05) is 24.3 Å². The van der Waals surface area contributed by atoms with Crippen molar-refractivity contribution < 1.29 is 28.1 Å². The number of para-hydroxylation sites is 1. The zero-order valence-electron chi connectivity index (χ0n) is 19.8. The number of hydrogen-bond donors (Lipinski definition) is 1. The Morgan fingerprint density at radius 1 is 0.857 bits per heavy atom. The lowest BCUT2D eigenvalue weighted by Gasteiger charge is -2.15. The summed E-state index contributed by atoms with van der Waals surface area (Å²) in [6, 6.07) is 17.2. The second-order valence-electron chi connectivity index (χ2n) is 7.64. The summed E-state index contributed by atoms with van der Waals surface area (Å²) in [5.41, 5.74) is 2.95. The van der Waals surface area contributed by atoms with Crippen LogP contribution in [0.2, 0.25) is 0 Å². The Morgan fingerprint density at radius 2 is 1.54 bits per heavy atom. The molecule has 180 valence electrons. The van der Waals surface area contributed by atoms with Crippen LogP contribution in [-0.4, -0.2) is 39.3 Å². The highest BCUT2D eigenvalue weighted by Crippen LogP contribution is 2.41. The molecular weight excluding hydrogens is 451 g/mol. The lowest BCUT2D eigenvalue weighted by molar-refractivity contribution is 0.0952. The van der Waals surface area contributed by atoms with Gasteiger partial charge in [0.15, 0.2) is 23.1 Å². The van der Waals surface area contributed by atoms with E-state index in [1.54, 1.807) is 24.3 Å². The van der Waals surface area contributed by atoms with Gasteiger partial charge in [0.25, 0.3) is 5.91 Å². The van der Waals surface area contributed by atoms with E-state index in [9.17, 15) is 9.18 Å². The first kappa shape index (κ1) is 23.8. The number of carbonyl (C=O) groups is 1. The molecule has 0 aliphatic rings. The number of aromatic nitrogens is 1. The first-order valence-corrected chi connectivity index (χ1v) is 10.8. The van der Waals surface area contributed by atoms with Crippen LogP contribution < -0.4 is 24.3 Å².